The van der Waals surface area contributed by atoms with Crippen molar-refractivity contribution < 1.29 is 14.2 Å². The lowest BCUT2D eigenvalue weighted by atomic mass is 10.1. The van der Waals surface area contributed by atoms with Crippen molar-refractivity contribution in [3.8, 4) is 5.75 Å². The number of hydrogen-bond donors (Lipinski definition) is 1. The molecule has 2 atom stereocenters. The molecule has 0 radical (unpaired) electrons. The summed E-state index contributed by atoms with van der Waals surface area (Å²) in [6.07, 6.45) is 4.67. The summed E-state index contributed by atoms with van der Waals surface area (Å²) in [5.74, 6) is 0.00945. The molecule has 0 spiro atoms. The van der Waals surface area contributed by atoms with Crippen molar-refractivity contribution in [2.24, 2.45) is 0 Å². The van der Waals surface area contributed by atoms with Crippen LogP contribution >= 0.6 is 0 Å². The summed E-state index contributed by atoms with van der Waals surface area (Å²) in [6.45, 7) is 4.21. The van der Waals surface area contributed by atoms with Crippen LogP contribution in [0.25, 0.3) is 0 Å². The van der Waals surface area contributed by atoms with Crippen LogP contribution in [0.1, 0.15) is 31.2 Å². The Morgan fingerprint density at radius 1 is 1.17 bits per heavy atom. The molecule has 0 bridgehead atoms. The number of methoxy groups -OCH3 is 1. The molecule has 0 aliphatic carbocycles. The fraction of sp³-hybridized carbons (Fsp3) is 0.667. The molecule has 0 aromatic heterocycles. The molecule has 3 rings (SSSR count). The van der Waals surface area contributed by atoms with Crippen LogP contribution in [-0.4, -0.2) is 60.3 Å². The molecule has 0 saturated carbocycles. The summed E-state index contributed by atoms with van der Waals surface area (Å²) in [5, 5.41) is 9.48. The first-order valence-corrected chi connectivity index (χ1v) is 8.62. The topological polar surface area (TPSA) is 35.9 Å². The molecule has 23 heavy (non-hydrogen) atoms. The molecule has 2 saturated heterocycles. The zero-order valence-corrected chi connectivity index (χ0v) is 13.9. The Kier molecular flexibility index (Phi) is 5.51. The number of halogens is 1. The maximum atomic E-state index is 13.9. The van der Waals surface area contributed by atoms with Crippen molar-refractivity contribution in [2.45, 2.75) is 44.3 Å². The van der Waals surface area contributed by atoms with Crippen molar-refractivity contribution in [3.63, 3.8) is 0 Å². The van der Waals surface area contributed by atoms with E-state index in [1.54, 1.807) is 12.1 Å². The Hall–Kier alpha value is -1.17. The molecule has 0 amide bonds. The van der Waals surface area contributed by atoms with Gasteiger partial charge in [0.05, 0.1) is 13.7 Å². The van der Waals surface area contributed by atoms with Gasteiger partial charge in [0.1, 0.15) is 0 Å². The first-order valence-electron chi connectivity index (χ1n) is 8.62. The fourth-order valence-electron chi connectivity index (χ4n) is 3.97. The smallest absolute Gasteiger partial charge is 0.165 e. The number of likely N-dealkylation sites (tertiary alicyclic amines) is 2. The van der Waals surface area contributed by atoms with E-state index in [1.807, 2.05) is 6.07 Å². The molecule has 2 fully saturated rings. The van der Waals surface area contributed by atoms with E-state index in [0.29, 0.717) is 17.8 Å². The highest BCUT2D eigenvalue weighted by Crippen LogP contribution is 2.26. The van der Waals surface area contributed by atoms with E-state index in [4.69, 9.17) is 4.74 Å². The number of rotatable bonds is 6. The zero-order chi connectivity index (χ0) is 16.2. The van der Waals surface area contributed by atoms with Gasteiger partial charge in [-0.2, -0.15) is 0 Å². The van der Waals surface area contributed by atoms with E-state index in [2.05, 4.69) is 9.80 Å². The second-order valence-corrected chi connectivity index (χ2v) is 6.71. The van der Waals surface area contributed by atoms with Gasteiger partial charge in [0.15, 0.2) is 11.6 Å². The maximum Gasteiger partial charge on any atom is 0.165 e. The molecule has 2 aliphatic heterocycles. The first-order chi connectivity index (χ1) is 11.2. The van der Waals surface area contributed by atoms with E-state index in [-0.39, 0.29) is 12.4 Å². The Morgan fingerprint density at radius 3 is 2.61 bits per heavy atom. The number of ether oxygens (including phenoxy) is 1. The molecule has 1 aromatic carbocycles. The standard InChI is InChI=1S/C18H27FN2O2/c1-23-18-7-6-14(10-17(18)19)11-20-8-2-4-15(20)12-21-9-3-5-16(21)13-22/h6-7,10,15-16,22H,2-5,8-9,11-13H2,1H3. The number of benzene rings is 1. The predicted molar refractivity (Wildman–Crippen MR) is 88.1 cm³/mol. The Bertz CT molecular complexity index is 526. The molecule has 1 N–H and O–H groups in total. The Morgan fingerprint density at radius 2 is 1.91 bits per heavy atom. The fourth-order valence-corrected chi connectivity index (χ4v) is 3.97. The summed E-state index contributed by atoms with van der Waals surface area (Å²) in [6, 6.07) is 6.07. The summed E-state index contributed by atoms with van der Waals surface area (Å²) in [5.41, 5.74) is 0.996. The quantitative estimate of drug-likeness (QED) is 0.871. The molecular formula is C18H27FN2O2. The maximum absolute atomic E-state index is 13.9. The number of nitrogens with zero attached hydrogens (tertiary/aromatic N) is 2. The molecule has 4 nitrogen and oxygen atoms in total. The Labute approximate surface area is 137 Å². The largest absolute Gasteiger partial charge is 0.494 e. The summed E-state index contributed by atoms with van der Waals surface area (Å²) < 4.78 is 18.9. The van der Waals surface area contributed by atoms with Gasteiger partial charge >= 0.3 is 0 Å². The second-order valence-electron chi connectivity index (χ2n) is 6.71. The van der Waals surface area contributed by atoms with Crippen LogP contribution < -0.4 is 4.74 Å². The number of aliphatic hydroxyl groups is 1. The van der Waals surface area contributed by atoms with Crippen LogP contribution in [0.2, 0.25) is 0 Å². The summed E-state index contributed by atoms with van der Waals surface area (Å²) >= 11 is 0. The van der Waals surface area contributed by atoms with Crippen LogP contribution in [0, 0.1) is 5.82 Å². The van der Waals surface area contributed by atoms with Crippen LogP contribution in [0.15, 0.2) is 18.2 Å². The van der Waals surface area contributed by atoms with Gasteiger partial charge in [-0.1, -0.05) is 6.07 Å². The van der Waals surface area contributed by atoms with Gasteiger partial charge in [0.25, 0.3) is 0 Å². The van der Waals surface area contributed by atoms with E-state index in [1.165, 1.54) is 26.4 Å². The monoisotopic (exact) mass is 322 g/mol. The van der Waals surface area contributed by atoms with Gasteiger partial charge in [-0.3, -0.25) is 9.80 Å². The SMILES string of the molecule is COc1ccc(CN2CCCC2CN2CCCC2CO)cc1F. The summed E-state index contributed by atoms with van der Waals surface area (Å²) in [7, 11) is 1.49. The van der Waals surface area contributed by atoms with Gasteiger partial charge < -0.3 is 9.84 Å². The van der Waals surface area contributed by atoms with Crippen molar-refractivity contribution >= 4 is 0 Å². The van der Waals surface area contributed by atoms with Gasteiger partial charge in [-0.15, -0.1) is 0 Å². The van der Waals surface area contributed by atoms with E-state index >= 15 is 0 Å². The van der Waals surface area contributed by atoms with Crippen molar-refractivity contribution in [1.29, 1.82) is 0 Å². The van der Waals surface area contributed by atoms with Crippen LogP contribution in [0.4, 0.5) is 4.39 Å². The predicted octanol–water partition coefficient (Wildman–Crippen LogP) is 2.26. The zero-order valence-electron chi connectivity index (χ0n) is 13.9. The summed E-state index contributed by atoms with van der Waals surface area (Å²) in [4.78, 5) is 4.88. The first kappa shape index (κ1) is 16.7. The third-order valence-corrected chi connectivity index (χ3v) is 5.26. The minimum atomic E-state index is -0.291. The average Bonchev–Trinajstić information content (AvgIpc) is 3.17. The van der Waals surface area contributed by atoms with Gasteiger partial charge in [-0.25, -0.2) is 4.39 Å². The minimum Gasteiger partial charge on any atom is -0.494 e. The van der Waals surface area contributed by atoms with Crippen LogP contribution in [0.5, 0.6) is 5.75 Å². The molecule has 1 aromatic rings. The van der Waals surface area contributed by atoms with Crippen molar-refractivity contribution in [1.82, 2.24) is 9.80 Å². The molecule has 2 heterocycles. The van der Waals surface area contributed by atoms with Crippen LogP contribution in [0.3, 0.4) is 0 Å². The normalized spacial score (nSPS) is 26.0. The molecule has 2 unspecified atom stereocenters. The lowest BCUT2D eigenvalue weighted by molar-refractivity contribution is 0.120. The van der Waals surface area contributed by atoms with Gasteiger partial charge in [-0.05, 0) is 56.5 Å². The van der Waals surface area contributed by atoms with Crippen molar-refractivity contribution in [3.05, 3.63) is 29.6 Å². The lowest BCUT2D eigenvalue weighted by Crippen LogP contribution is -2.43. The minimum absolute atomic E-state index is 0.260. The van der Waals surface area contributed by atoms with E-state index in [0.717, 1.165) is 38.2 Å². The number of hydrogen-bond acceptors (Lipinski definition) is 4. The number of aliphatic hydroxyl groups excluding tert-OH is 1. The highest BCUT2D eigenvalue weighted by molar-refractivity contribution is 5.29. The molecule has 128 valence electrons. The van der Waals surface area contributed by atoms with Crippen LogP contribution in [-0.2, 0) is 6.54 Å². The highest BCUT2D eigenvalue weighted by Gasteiger charge is 2.31. The average molecular weight is 322 g/mol. The molecular weight excluding hydrogens is 295 g/mol. The highest BCUT2D eigenvalue weighted by atomic mass is 19.1. The van der Waals surface area contributed by atoms with E-state index in [9.17, 15) is 9.50 Å². The molecule has 2 aliphatic rings. The third-order valence-electron chi connectivity index (χ3n) is 5.26. The Balaban J connectivity index is 1.61. The third kappa shape index (κ3) is 3.84. The van der Waals surface area contributed by atoms with Gasteiger partial charge in [0.2, 0.25) is 0 Å². The van der Waals surface area contributed by atoms with Crippen molar-refractivity contribution in [2.75, 3.05) is 33.4 Å². The van der Waals surface area contributed by atoms with E-state index < -0.39 is 0 Å². The lowest BCUT2D eigenvalue weighted by Gasteiger charge is -2.31. The second kappa shape index (κ2) is 7.60. The van der Waals surface area contributed by atoms with Gasteiger partial charge in [0, 0.05) is 25.2 Å². The molecule has 5 heteroatoms.